The van der Waals surface area contributed by atoms with Crippen molar-refractivity contribution in [3.05, 3.63) is 65.8 Å². The van der Waals surface area contributed by atoms with Crippen LogP contribution < -0.4 is 5.48 Å². The van der Waals surface area contributed by atoms with E-state index < -0.39 is 20.5 Å². The van der Waals surface area contributed by atoms with Crippen molar-refractivity contribution in [2.75, 3.05) is 12.8 Å². The maximum Gasteiger partial charge on any atom is 0.328 e. The maximum absolute atomic E-state index is 12.7. The van der Waals surface area contributed by atoms with Gasteiger partial charge in [-0.2, -0.15) is 0 Å². The van der Waals surface area contributed by atoms with Crippen LogP contribution in [0.3, 0.4) is 0 Å². The average Bonchev–Trinajstić information content (AvgIpc) is 3.22. The quantitative estimate of drug-likeness (QED) is 0.427. The van der Waals surface area contributed by atoms with Crippen LogP contribution in [0.4, 0.5) is 4.79 Å². The average molecular weight is 428 g/mol. The predicted molar refractivity (Wildman–Crippen MR) is 110 cm³/mol. The fraction of sp³-hybridized carbons (Fsp3) is 0.286. The van der Waals surface area contributed by atoms with Crippen molar-refractivity contribution in [1.29, 1.82) is 0 Å². The molecule has 0 saturated carbocycles. The number of nitrogens with zero attached hydrogens (tertiary/aromatic N) is 2. The van der Waals surface area contributed by atoms with Gasteiger partial charge in [0.25, 0.3) is 5.91 Å². The van der Waals surface area contributed by atoms with E-state index >= 15 is 0 Å². The number of hydrogen-bond acceptors (Lipinski definition) is 5. The highest BCUT2D eigenvalue weighted by Gasteiger charge is 2.44. The van der Waals surface area contributed by atoms with E-state index in [1.54, 1.807) is 12.3 Å². The monoisotopic (exact) mass is 428 g/mol. The lowest BCUT2D eigenvalue weighted by atomic mass is 10.1. The van der Waals surface area contributed by atoms with Crippen molar-refractivity contribution in [2.24, 2.45) is 0 Å². The molecule has 1 aromatic heterocycles. The number of fused-ring (bicyclic) bond motifs is 1. The molecule has 2 heterocycles. The number of carbonyl (C=O) groups is 2. The third-order valence-electron chi connectivity index (χ3n) is 5.29. The van der Waals surface area contributed by atoms with Crippen LogP contribution in [0.25, 0.3) is 0 Å². The van der Waals surface area contributed by atoms with Crippen molar-refractivity contribution in [3.63, 3.8) is 0 Å². The van der Waals surface area contributed by atoms with E-state index in [1.807, 2.05) is 24.3 Å². The summed E-state index contributed by atoms with van der Waals surface area (Å²) in [6, 6.07) is 8.95. The first-order chi connectivity index (χ1) is 14.0. The molecule has 2 N–H and O–H groups in total. The van der Waals surface area contributed by atoms with E-state index in [2.05, 4.69) is 18.8 Å². The van der Waals surface area contributed by atoms with Crippen LogP contribution in [0.5, 0.6) is 0 Å². The van der Waals surface area contributed by atoms with E-state index in [9.17, 15) is 18.0 Å². The van der Waals surface area contributed by atoms with Gasteiger partial charge < -0.3 is 4.90 Å². The van der Waals surface area contributed by atoms with Crippen molar-refractivity contribution in [3.8, 4) is 11.8 Å². The smallest absolute Gasteiger partial charge is 0.318 e. The molecule has 9 heteroatoms. The Balaban J connectivity index is 1.71. The molecule has 3 rings (SSSR count). The first-order valence-corrected chi connectivity index (χ1v) is 11.0. The van der Waals surface area contributed by atoms with E-state index in [4.69, 9.17) is 5.21 Å². The Morgan fingerprint density at radius 1 is 1.27 bits per heavy atom. The Hall–Kier alpha value is -3.09. The second kappa shape index (κ2) is 7.97. The first-order valence-electron chi connectivity index (χ1n) is 9.14. The Labute approximate surface area is 175 Å². The third-order valence-corrected chi connectivity index (χ3v) is 7.32. The molecule has 2 aromatic rings. The van der Waals surface area contributed by atoms with Gasteiger partial charge >= 0.3 is 6.03 Å². The Kier molecular flexibility index (Phi) is 5.74. The number of hydroxylamine groups is 1. The normalized spacial score (nSPS) is 15.2. The van der Waals surface area contributed by atoms with E-state index in [-0.39, 0.29) is 25.5 Å². The highest BCUT2D eigenvalue weighted by molar-refractivity contribution is 7.92. The highest BCUT2D eigenvalue weighted by Crippen LogP contribution is 2.25. The summed E-state index contributed by atoms with van der Waals surface area (Å²) in [5.74, 6) is 5.03. The van der Waals surface area contributed by atoms with Gasteiger partial charge in [0, 0.05) is 35.8 Å². The molecule has 0 aliphatic carbocycles. The number of benzene rings is 1. The number of aromatic nitrogens is 1. The molecule has 1 atom stereocenters. The van der Waals surface area contributed by atoms with Crippen molar-refractivity contribution in [1.82, 2.24) is 14.9 Å². The van der Waals surface area contributed by atoms with Crippen molar-refractivity contribution in [2.45, 2.75) is 24.6 Å². The fourth-order valence-electron chi connectivity index (χ4n) is 3.13. The van der Waals surface area contributed by atoms with Gasteiger partial charge in [0.1, 0.15) is 0 Å². The van der Waals surface area contributed by atoms with Gasteiger partial charge in [-0.1, -0.05) is 24.0 Å². The second-order valence-corrected chi connectivity index (χ2v) is 9.88. The first kappa shape index (κ1) is 21.6. The Morgan fingerprint density at radius 3 is 2.47 bits per heavy atom. The van der Waals surface area contributed by atoms with E-state index in [0.717, 1.165) is 23.1 Å². The van der Waals surface area contributed by atoms with Gasteiger partial charge in [0.15, 0.2) is 14.6 Å². The summed E-state index contributed by atoms with van der Waals surface area (Å²) in [5.41, 5.74) is 4.56. The zero-order valence-corrected chi connectivity index (χ0v) is 17.5. The molecule has 8 nitrogen and oxygen atoms in total. The van der Waals surface area contributed by atoms with Gasteiger partial charge in [0.2, 0.25) is 0 Å². The molecule has 1 aromatic carbocycles. The third kappa shape index (κ3) is 4.10. The summed E-state index contributed by atoms with van der Waals surface area (Å²) in [7, 11) is -3.82. The van der Waals surface area contributed by atoms with E-state index in [0.29, 0.717) is 5.56 Å². The van der Waals surface area contributed by atoms with Crippen LogP contribution in [0.15, 0.2) is 36.5 Å². The molecule has 1 aliphatic rings. The minimum absolute atomic E-state index is 0.0376. The summed E-state index contributed by atoms with van der Waals surface area (Å²) < 4.78 is 23.7. The zero-order valence-electron chi connectivity index (χ0n) is 16.7. The molecule has 157 valence electrons. The molecule has 0 bridgehead atoms. The molecule has 30 heavy (non-hydrogen) atoms. The summed E-state index contributed by atoms with van der Waals surface area (Å²) in [4.78, 5) is 26.0. The van der Waals surface area contributed by atoms with Gasteiger partial charge in [0.05, 0.1) is 6.54 Å². The topological polar surface area (TPSA) is 109 Å². The summed E-state index contributed by atoms with van der Waals surface area (Å²) in [5, 5.41) is 8.90. The number of carbonyl (C=O) groups excluding carboxylic acids is 2. The number of rotatable bonds is 5. The van der Waals surface area contributed by atoms with Gasteiger partial charge in [-0.15, -0.1) is 0 Å². The minimum atomic E-state index is -3.82. The maximum atomic E-state index is 12.7. The second-order valence-electron chi connectivity index (χ2n) is 7.44. The summed E-state index contributed by atoms with van der Waals surface area (Å²) >= 11 is 0. The lowest BCUT2D eigenvalue weighted by molar-refractivity contribution is -0.131. The fourth-order valence-corrected chi connectivity index (χ4v) is 3.98. The molecular weight excluding hydrogens is 406 g/mol. The number of nitrogens with one attached hydrogen (secondary N) is 1. The lowest BCUT2D eigenvalue weighted by Gasteiger charge is -2.27. The molecule has 0 spiro atoms. The van der Waals surface area contributed by atoms with Crippen LogP contribution in [0, 0.1) is 18.8 Å². The van der Waals surface area contributed by atoms with Crippen molar-refractivity contribution >= 4 is 21.8 Å². The molecule has 1 aliphatic heterocycles. The van der Waals surface area contributed by atoms with Gasteiger partial charge in [-0.3, -0.25) is 14.6 Å². The van der Waals surface area contributed by atoms with Gasteiger partial charge in [-0.05, 0) is 44.0 Å². The van der Waals surface area contributed by atoms with Gasteiger partial charge in [-0.25, -0.2) is 18.7 Å². The SMILES string of the molecule is [CH2]c1ccc(C#Cc2cc3n(c2)C(=O)N(CC[C@](C)(C(=O)NO)S(C)(=O)=O)C3)cc1. The molecule has 0 fully saturated rings. The predicted octanol–water partition coefficient (Wildman–Crippen LogP) is 1.55. The molecule has 0 unspecified atom stereocenters. The number of sulfone groups is 1. The lowest BCUT2D eigenvalue weighted by Crippen LogP contribution is -2.50. The minimum Gasteiger partial charge on any atom is -0.318 e. The largest absolute Gasteiger partial charge is 0.328 e. The summed E-state index contributed by atoms with van der Waals surface area (Å²) in [6.45, 7) is 5.36. The number of hydrogen-bond donors (Lipinski definition) is 2. The van der Waals surface area contributed by atoms with Crippen LogP contribution >= 0.6 is 0 Å². The van der Waals surface area contributed by atoms with Crippen LogP contribution in [-0.2, 0) is 21.2 Å². The van der Waals surface area contributed by atoms with Crippen LogP contribution in [-0.4, -0.2) is 52.6 Å². The zero-order chi connectivity index (χ0) is 22.1. The standard InChI is InChI=1S/C21H22N3O5S/c1-15-4-6-16(7-5-15)8-9-17-12-18-14-23(20(26)24(18)13-17)11-10-21(2,19(25)22-27)30(3,28)29/h4-7,12-13,27H,1,10-11,14H2,2-3H3,(H,22,25)/t21-/m1/s1. The van der Waals surface area contributed by atoms with Crippen LogP contribution in [0.2, 0.25) is 0 Å². The molecule has 1 radical (unpaired) electrons. The van der Waals surface area contributed by atoms with Crippen LogP contribution in [0.1, 0.15) is 35.7 Å². The molecular formula is C21H22N3O5S. The Morgan fingerprint density at radius 2 is 1.90 bits per heavy atom. The van der Waals surface area contributed by atoms with Crippen molar-refractivity contribution < 1.29 is 23.2 Å². The van der Waals surface area contributed by atoms with E-state index in [1.165, 1.54) is 21.9 Å². The molecule has 2 amide bonds. The number of amides is 2. The summed E-state index contributed by atoms with van der Waals surface area (Å²) in [6.07, 6.45) is 2.41. The Bertz CT molecular complexity index is 1160. The molecule has 0 saturated heterocycles. The highest BCUT2D eigenvalue weighted by atomic mass is 32.2.